The molecule has 0 unspecified atom stereocenters. The van der Waals surface area contributed by atoms with Crippen LogP contribution in [0.4, 0.5) is 5.69 Å². The molecule has 3 rings (SSSR count). The molecule has 2 amide bonds. The van der Waals surface area contributed by atoms with E-state index in [1.165, 1.54) is 5.56 Å². The number of para-hydroxylation sites is 1. The van der Waals surface area contributed by atoms with E-state index in [9.17, 15) is 9.59 Å². The Morgan fingerprint density at radius 2 is 1.92 bits per heavy atom. The number of benzene rings is 2. The number of hydrogen-bond acceptors (Lipinski definition) is 3. The Morgan fingerprint density at radius 1 is 1.12 bits per heavy atom. The fourth-order valence-corrected chi connectivity index (χ4v) is 3.02. The lowest BCUT2D eigenvalue weighted by molar-refractivity contribution is 0.0948. The summed E-state index contributed by atoms with van der Waals surface area (Å²) in [4.78, 5) is 26.9. The minimum Gasteiger partial charge on any atom is -0.385 e. The van der Waals surface area contributed by atoms with Crippen LogP contribution >= 0.6 is 0 Å². The zero-order valence-electron chi connectivity index (χ0n) is 14.3. The molecule has 5 heteroatoms. The first-order chi connectivity index (χ1) is 12.2. The molecule has 0 aliphatic carbocycles. The van der Waals surface area contributed by atoms with Gasteiger partial charge in [-0.25, -0.2) is 0 Å². The number of ether oxygens (including phenoxy) is 1. The number of nitrogens with zero attached hydrogens (tertiary/aromatic N) is 1. The maximum absolute atomic E-state index is 12.9. The maximum atomic E-state index is 12.9. The molecule has 1 N–H and O–H groups in total. The van der Waals surface area contributed by atoms with Crippen LogP contribution < -0.4 is 10.2 Å². The number of rotatable bonds is 6. The molecule has 0 atom stereocenters. The first-order valence-electron chi connectivity index (χ1n) is 8.47. The number of anilines is 1. The zero-order valence-corrected chi connectivity index (χ0v) is 14.3. The van der Waals surface area contributed by atoms with Crippen molar-refractivity contribution in [1.29, 1.82) is 0 Å². The second kappa shape index (κ2) is 7.94. The van der Waals surface area contributed by atoms with E-state index in [0.29, 0.717) is 30.8 Å². The fourth-order valence-electron chi connectivity index (χ4n) is 3.02. The summed E-state index contributed by atoms with van der Waals surface area (Å²) < 4.78 is 4.96. The van der Waals surface area contributed by atoms with Gasteiger partial charge in [0.2, 0.25) is 0 Å². The van der Waals surface area contributed by atoms with Crippen LogP contribution in [0.3, 0.4) is 0 Å². The summed E-state index contributed by atoms with van der Waals surface area (Å²) in [6.45, 7) is 1.82. The summed E-state index contributed by atoms with van der Waals surface area (Å²) in [5, 5.41) is 2.84. The SMILES string of the molecule is COCCCNC(=O)c1cccc(C(=O)N2CCc3ccccc32)c1. The van der Waals surface area contributed by atoms with Crippen LogP contribution in [0, 0.1) is 0 Å². The minimum absolute atomic E-state index is 0.0704. The molecule has 25 heavy (non-hydrogen) atoms. The number of carbonyl (C=O) groups is 2. The molecule has 0 saturated heterocycles. The molecule has 2 aromatic rings. The highest BCUT2D eigenvalue weighted by Crippen LogP contribution is 2.28. The van der Waals surface area contributed by atoms with E-state index in [2.05, 4.69) is 5.32 Å². The van der Waals surface area contributed by atoms with Gasteiger partial charge in [-0.1, -0.05) is 24.3 Å². The van der Waals surface area contributed by atoms with Crippen molar-refractivity contribution in [2.45, 2.75) is 12.8 Å². The molecular weight excluding hydrogens is 316 g/mol. The zero-order chi connectivity index (χ0) is 17.6. The van der Waals surface area contributed by atoms with Crippen LogP contribution in [-0.2, 0) is 11.2 Å². The molecule has 2 aromatic carbocycles. The predicted octanol–water partition coefficient (Wildman–Crippen LogP) is 2.66. The van der Waals surface area contributed by atoms with E-state index in [1.54, 1.807) is 36.3 Å². The third-order valence-electron chi connectivity index (χ3n) is 4.31. The van der Waals surface area contributed by atoms with E-state index in [0.717, 1.165) is 18.5 Å². The lowest BCUT2D eigenvalue weighted by atomic mass is 10.1. The highest BCUT2D eigenvalue weighted by atomic mass is 16.5. The van der Waals surface area contributed by atoms with Gasteiger partial charge in [0.25, 0.3) is 11.8 Å². The Balaban J connectivity index is 1.71. The van der Waals surface area contributed by atoms with Gasteiger partial charge >= 0.3 is 0 Å². The molecular formula is C20H22N2O3. The van der Waals surface area contributed by atoms with E-state index in [-0.39, 0.29) is 11.8 Å². The molecule has 1 aliphatic heterocycles. The highest BCUT2D eigenvalue weighted by Gasteiger charge is 2.25. The average molecular weight is 338 g/mol. The van der Waals surface area contributed by atoms with Gasteiger partial charge in [-0.2, -0.15) is 0 Å². The number of amides is 2. The van der Waals surface area contributed by atoms with Crippen molar-refractivity contribution < 1.29 is 14.3 Å². The maximum Gasteiger partial charge on any atom is 0.258 e. The van der Waals surface area contributed by atoms with Crippen LogP contribution in [0.2, 0.25) is 0 Å². The fraction of sp³-hybridized carbons (Fsp3) is 0.300. The highest BCUT2D eigenvalue weighted by molar-refractivity contribution is 6.08. The van der Waals surface area contributed by atoms with Gasteiger partial charge in [-0.3, -0.25) is 9.59 Å². The summed E-state index contributed by atoms with van der Waals surface area (Å²) in [6.07, 6.45) is 1.62. The smallest absolute Gasteiger partial charge is 0.258 e. The van der Waals surface area contributed by atoms with Crippen molar-refractivity contribution in [3.8, 4) is 0 Å². The van der Waals surface area contributed by atoms with Crippen LogP contribution in [-0.4, -0.2) is 38.6 Å². The van der Waals surface area contributed by atoms with Crippen LogP contribution in [0.1, 0.15) is 32.7 Å². The second-order valence-corrected chi connectivity index (χ2v) is 6.02. The lowest BCUT2D eigenvalue weighted by Gasteiger charge is -2.17. The Morgan fingerprint density at radius 3 is 2.76 bits per heavy atom. The average Bonchev–Trinajstić information content (AvgIpc) is 3.08. The molecule has 0 aromatic heterocycles. The van der Waals surface area contributed by atoms with Crippen molar-refractivity contribution in [2.24, 2.45) is 0 Å². The summed E-state index contributed by atoms with van der Waals surface area (Å²) in [5.74, 6) is -0.244. The van der Waals surface area contributed by atoms with Crippen LogP contribution in [0.5, 0.6) is 0 Å². The van der Waals surface area contributed by atoms with E-state index in [1.807, 2.05) is 24.3 Å². The van der Waals surface area contributed by atoms with Crippen LogP contribution in [0.15, 0.2) is 48.5 Å². The van der Waals surface area contributed by atoms with Gasteiger partial charge < -0.3 is 15.0 Å². The van der Waals surface area contributed by atoms with Crippen molar-refractivity contribution in [2.75, 3.05) is 31.7 Å². The lowest BCUT2D eigenvalue weighted by Crippen LogP contribution is -2.29. The van der Waals surface area contributed by atoms with Gasteiger partial charge in [0.15, 0.2) is 0 Å². The number of hydrogen-bond donors (Lipinski definition) is 1. The largest absolute Gasteiger partial charge is 0.385 e. The number of methoxy groups -OCH3 is 1. The van der Waals surface area contributed by atoms with Gasteiger partial charge in [-0.05, 0) is 42.7 Å². The molecule has 5 nitrogen and oxygen atoms in total. The van der Waals surface area contributed by atoms with Crippen LogP contribution in [0.25, 0.3) is 0 Å². The van der Waals surface area contributed by atoms with Gasteiger partial charge in [0, 0.05) is 43.6 Å². The first kappa shape index (κ1) is 17.2. The molecule has 1 aliphatic rings. The minimum atomic E-state index is -0.174. The summed E-state index contributed by atoms with van der Waals surface area (Å²) in [6, 6.07) is 14.8. The Hall–Kier alpha value is -2.66. The molecule has 0 fully saturated rings. The molecule has 0 spiro atoms. The summed E-state index contributed by atoms with van der Waals surface area (Å²) in [5.41, 5.74) is 3.17. The molecule has 0 saturated carbocycles. The third kappa shape index (κ3) is 3.88. The molecule has 0 radical (unpaired) electrons. The first-order valence-corrected chi connectivity index (χ1v) is 8.47. The summed E-state index contributed by atoms with van der Waals surface area (Å²) >= 11 is 0. The molecule has 130 valence electrons. The Labute approximate surface area is 147 Å². The van der Waals surface area contributed by atoms with Crippen molar-refractivity contribution in [3.05, 3.63) is 65.2 Å². The monoisotopic (exact) mass is 338 g/mol. The Bertz CT molecular complexity index is 773. The predicted molar refractivity (Wildman–Crippen MR) is 97.1 cm³/mol. The summed E-state index contributed by atoms with van der Waals surface area (Å²) in [7, 11) is 1.63. The number of nitrogens with one attached hydrogen (secondary N) is 1. The van der Waals surface area contributed by atoms with Crippen molar-refractivity contribution in [1.82, 2.24) is 5.32 Å². The standard InChI is InChI=1S/C20H22N2O3/c1-25-13-5-11-21-19(23)16-7-4-8-17(14-16)20(24)22-12-10-15-6-2-3-9-18(15)22/h2-4,6-9,14H,5,10-13H2,1H3,(H,21,23). The van der Waals surface area contributed by atoms with E-state index >= 15 is 0 Å². The van der Waals surface area contributed by atoms with Crippen molar-refractivity contribution in [3.63, 3.8) is 0 Å². The third-order valence-corrected chi connectivity index (χ3v) is 4.31. The number of fused-ring (bicyclic) bond motifs is 1. The van der Waals surface area contributed by atoms with Crippen molar-refractivity contribution >= 4 is 17.5 Å². The molecule has 1 heterocycles. The van der Waals surface area contributed by atoms with E-state index in [4.69, 9.17) is 4.74 Å². The second-order valence-electron chi connectivity index (χ2n) is 6.02. The van der Waals surface area contributed by atoms with E-state index < -0.39 is 0 Å². The van der Waals surface area contributed by atoms with Gasteiger partial charge in [0.05, 0.1) is 0 Å². The quantitative estimate of drug-likeness (QED) is 0.824. The van der Waals surface area contributed by atoms with Gasteiger partial charge in [-0.15, -0.1) is 0 Å². The topological polar surface area (TPSA) is 58.6 Å². The number of carbonyl (C=O) groups excluding carboxylic acids is 2. The van der Waals surface area contributed by atoms with Gasteiger partial charge in [0.1, 0.15) is 0 Å². The molecule has 0 bridgehead atoms. The normalized spacial score (nSPS) is 12.8. The Kier molecular flexibility index (Phi) is 5.46.